The lowest BCUT2D eigenvalue weighted by molar-refractivity contribution is 1.03. The fourth-order valence-corrected chi connectivity index (χ4v) is 3.43. The Balaban J connectivity index is 1.75. The first kappa shape index (κ1) is 15.4. The van der Waals surface area contributed by atoms with Gasteiger partial charge in [0, 0.05) is 32.7 Å². The first-order valence-corrected chi connectivity index (χ1v) is 8.56. The number of pyridine rings is 1. The molecule has 6 heteroatoms. The molecule has 4 rings (SSSR count). The van der Waals surface area contributed by atoms with Crippen LogP contribution in [0.2, 0.25) is 0 Å². The summed E-state index contributed by atoms with van der Waals surface area (Å²) in [6.07, 6.45) is 7.21. The lowest BCUT2D eigenvalue weighted by Crippen LogP contribution is -2.12. The van der Waals surface area contributed by atoms with Crippen molar-refractivity contribution in [3.8, 4) is 22.4 Å². The van der Waals surface area contributed by atoms with Crippen LogP contribution >= 0.6 is 11.3 Å². The van der Waals surface area contributed by atoms with E-state index >= 15 is 0 Å². The minimum atomic E-state index is 0.769. The van der Waals surface area contributed by atoms with Crippen molar-refractivity contribution in [1.29, 1.82) is 0 Å². The van der Waals surface area contributed by atoms with Gasteiger partial charge < -0.3 is 4.90 Å². The van der Waals surface area contributed by atoms with Crippen LogP contribution < -0.4 is 4.90 Å². The number of nitrogens with zero attached hydrogens (tertiary/aromatic N) is 5. The smallest absolute Gasteiger partial charge is 0.157 e. The molecule has 4 aromatic heterocycles. The minimum absolute atomic E-state index is 0.769. The van der Waals surface area contributed by atoms with Gasteiger partial charge in [-0.15, -0.1) is 11.3 Å². The predicted octanol–water partition coefficient (Wildman–Crippen LogP) is 3.32. The predicted molar refractivity (Wildman–Crippen MR) is 101 cm³/mol. The number of thiophene rings is 1. The Bertz CT molecular complexity index is 1080. The van der Waals surface area contributed by atoms with E-state index in [1.165, 1.54) is 0 Å². The number of rotatable bonds is 2. The Morgan fingerprint density at radius 3 is 2.80 bits per heavy atom. The summed E-state index contributed by atoms with van der Waals surface area (Å²) < 4.78 is 2.04. The summed E-state index contributed by atoms with van der Waals surface area (Å²) in [5.41, 5.74) is 2.54. The zero-order chi connectivity index (χ0) is 17.2. The first-order chi connectivity index (χ1) is 12.2. The Morgan fingerprint density at radius 1 is 1.08 bits per heavy atom. The van der Waals surface area contributed by atoms with Gasteiger partial charge in [-0.25, -0.2) is 9.97 Å². The van der Waals surface area contributed by atoms with Gasteiger partial charge in [-0.1, -0.05) is 6.07 Å². The molecule has 0 aliphatic carbocycles. The fourth-order valence-electron chi connectivity index (χ4n) is 2.58. The van der Waals surface area contributed by atoms with Gasteiger partial charge in [0.05, 0.1) is 16.0 Å². The quantitative estimate of drug-likeness (QED) is 0.523. The summed E-state index contributed by atoms with van der Waals surface area (Å²) in [6.45, 7) is 0. The molecule has 5 nitrogen and oxygen atoms in total. The average Bonchev–Trinajstić information content (AvgIpc) is 3.25. The molecule has 0 unspecified atom stereocenters. The van der Waals surface area contributed by atoms with Gasteiger partial charge in [0.1, 0.15) is 17.2 Å². The molecule has 0 spiro atoms. The number of aromatic nitrogens is 4. The summed E-state index contributed by atoms with van der Waals surface area (Å²) in [4.78, 5) is 17.3. The van der Waals surface area contributed by atoms with Crippen molar-refractivity contribution in [3.63, 3.8) is 0 Å². The number of imidazole rings is 1. The van der Waals surface area contributed by atoms with Gasteiger partial charge >= 0.3 is 0 Å². The highest BCUT2D eigenvalue weighted by Crippen LogP contribution is 2.34. The lowest BCUT2D eigenvalue weighted by atomic mass is 10.3. The molecule has 0 bridgehead atoms. The number of fused-ring (bicyclic) bond motifs is 1. The van der Waals surface area contributed by atoms with E-state index in [1.54, 1.807) is 29.9 Å². The molecule has 0 aromatic carbocycles. The highest BCUT2D eigenvalue weighted by molar-refractivity contribution is 7.16. The Labute approximate surface area is 149 Å². The van der Waals surface area contributed by atoms with Gasteiger partial charge in [0.2, 0.25) is 0 Å². The van der Waals surface area contributed by atoms with Crippen LogP contribution in [0.5, 0.6) is 0 Å². The van der Waals surface area contributed by atoms with E-state index in [4.69, 9.17) is 4.98 Å². The second-order valence-corrected chi connectivity index (χ2v) is 6.70. The monoisotopic (exact) mass is 345 g/mol. The van der Waals surface area contributed by atoms with Gasteiger partial charge in [0.25, 0.3) is 0 Å². The second kappa shape index (κ2) is 6.38. The average molecular weight is 345 g/mol. The summed E-state index contributed by atoms with van der Waals surface area (Å²) >= 11 is 1.63. The highest BCUT2D eigenvalue weighted by atomic mass is 32.1. The van der Waals surface area contributed by atoms with Crippen LogP contribution in [0, 0.1) is 11.8 Å². The maximum absolute atomic E-state index is 4.74. The molecule has 122 valence electrons. The summed E-state index contributed by atoms with van der Waals surface area (Å²) in [7, 11) is 4.03. The number of anilines is 1. The molecule has 0 aliphatic heterocycles. The fraction of sp³-hybridized carbons (Fsp3) is 0.105. The normalized spacial score (nSPS) is 10.5. The van der Waals surface area contributed by atoms with Gasteiger partial charge in [-0.2, -0.15) is 0 Å². The van der Waals surface area contributed by atoms with Gasteiger partial charge in [-0.05, 0) is 36.1 Å². The lowest BCUT2D eigenvalue weighted by Gasteiger charge is -2.13. The Morgan fingerprint density at radius 2 is 2.00 bits per heavy atom. The third kappa shape index (κ3) is 2.97. The molecule has 4 aromatic rings. The van der Waals surface area contributed by atoms with Gasteiger partial charge in [0.15, 0.2) is 5.65 Å². The van der Waals surface area contributed by atoms with Crippen LogP contribution in [0.3, 0.4) is 0 Å². The van der Waals surface area contributed by atoms with Crippen molar-refractivity contribution >= 4 is 22.8 Å². The van der Waals surface area contributed by atoms with Crippen molar-refractivity contribution in [2.75, 3.05) is 19.0 Å². The molecule has 0 saturated heterocycles. The van der Waals surface area contributed by atoms with Crippen molar-refractivity contribution in [3.05, 3.63) is 65.7 Å². The largest absolute Gasteiger partial charge is 0.362 e. The zero-order valence-corrected chi connectivity index (χ0v) is 14.7. The molecule has 0 N–H and O–H groups in total. The highest BCUT2D eigenvalue weighted by Gasteiger charge is 2.17. The van der Waals surface area contributed by atoms with E-state index in [1.807, 2.05) is 49.0 Å². The maximum atomic E-state index is 4.74. The molecule has 0 atom stereocenters. The topological polar surface area (TPSA) is 46.3 Å². The van der Waals surface area contributed by atoms with E-state index in [0.29, 0.717) is 0 Å². The molecule has 4 heterocycles. The number of hydrogen-bond acceptors (Lipinski definition) is 5. The van der Waals surface area contributed by atoms with Crippen LogP contribution in [-0.2, 0) is 0 Å². The SMILES string of the molecule is CN(C)c1c(-c2ccc(C#Cc3ccccn3)s2)nc2cnccn12. The van der Waals surface area contributed by atoms with Crippen molar-refractivity contribution < 1.29 is 0 Å². The molecule has 0 radical (unpaired) electrons. The Kier molecular flexibility index (Phi) is 3.92. The van der Waals surface area contributed by atoms with E-state index in [-0.39, 0.29) is 0 Å². The van der Waals surface area contributed by atoms with Crippen molar-refractivity contribution in [2.24, 2.45) is 0 Å². The third-order valence-electron chi connectivity index (χ3n) is 3.65. The molecule has 0 aliphatic rings. The van der Waals surface area contributed by atoms with E-state index in [0.717, 1.165) is 32.6 Å². The third-order valence-corrected chi connectivity index (χ3v) is 4.65. The van der Waals surface area contributed by atoms with Gasteiger partial charge in [-0.3, -0.25) is 9.38 Å². The molecular weight excluding hydrogens is 330 g/mol. The molecule has 25 heavy (non-hydrogen) atoms. The summed E-state index contributed by atoms with van der Waals surface area (Å²) in [5, 5.41) is 0. The second-order valence-electron chi connectivity index (χ2n) is 5.61. The minimum Gasteiger partial charge on any atom is -0.362 e. The van der Waals surface area contributed by atoms with Crippen LogP contribution in [0.1, 0.15) is 10.6 Å². The van der Waals surface area contributed by atoms with Crippen LogP contribution in [0.15, 0.2) is 55.1 Å². The van der Waals surface area contributed by atoms with Crippen molar-refractivity contribution in [1.82, 2.24) is 19.4 Å². The van der Waals surface area contributed by atoms with E-state index in [2.05, 4.69) is 32.8 Å². The Hall–Kier alpha value is -3.17. The van der Waals surface area contributed by atoms with E-state index in [9.17, 15) is 0 Å². The van der Waals surface area contributed by atoms with Crippen LogP contribution in [0.25, 0.3) is 16.2 Å². The summed E-state index contributed by atoms with van der Waals surface area (Å²) in [5.74, 6) is 7.30. The van der Waals surface area contributed by atoms with Crippen molar-refractivity contribution in [2.45, 2.75) is 0 Å². The first-order valence-electron chi connectivity index (χ1n) is 7.75. The van der Waals surface area contributed by atoms with Crippen LogP contribution in [0.4, 0.5) is 5.82 Å². The van der Waals surface area contributed by atoms with E-state index < -0.39 is 0 Å². The molecule has 0 amide bonds. The molecular formula is C19H15N5S. The standard InChI is InChI=1S/C19H15N5S/c1-23(2)19-18(22-17-13-20-11-12-24(17)19)16-9-8-15(25-16)7-6-14-5-3-4-10-21-14/h3-5,8-13H,1-2H3. The maximum Gasteiger partial charge on any atom is 0.157 e. The van der Waals surface area contributed by atoms with Crippen LogP contribution in [-0.4, -0.2) is 33.4 Å². The molecule has 0 saturated carbocycles. The summed E-state index contributed by atoms with van der Waals surface area (Å²) in [6, 6.07) is 9.81. The molecule has 0 fully saturated rings. The number of hydrogen-bond donors (Lipinski definition) is 0. The zero-order valence-electron chi connectivity index (χ0n) is 13.8.